The number of anilines is 2. The van der Waals surface area contributed by atoms with Crippen LogP contribution >= 0.6 is 0 Å². The molecule has 0 aliphatic carbocycles. The molecule has 0 heterocycles. The Morgan fingerprint density at radius 1 is 1.10 bits per heavy atom. The number of amides is 1. The first-order valence-corrected chi connectivity index (χ1v) is 6.44. The quantitative estimate of drug-likeness (QED) is 0.884. The van der Waals surface area contributed by atoms with Crippen LogP contribution in [0.5, 0.6) is 0 Å². The third kappa shape index (κ3) is 3.82. The molecule has 0 saturated carbocycles. The van der Waals surface area contributed by atoms with E-state index in [1.165, 1.54) is 19.1 Å². The van der Waals surface area contributed by atoms with Gasteiger partial charge in [-0.05, 0) is 48.9 Å². The predicted molar refractivity (Wildman–Crippen MR) is 79.2 cm³/mol. The summed E-state index contributed by atoms with van der Waals surface area (Å²) in [5.41, 5.74) is 2.55. The van der Waals surface area contributed by atoms with E-state index in [4.69, 9.17) is 0 Å². The molecule has 0 saturated heterocycles. The number of hydrogen-bond acceptors (Lipinski definition) is 2. The molecule has 0 spiro atoms. The molecule has 104 valence electrons. The second kappa shape index (κ2) is 6.19. The fraction of sp³-hybridized carbons (Fsp3) is 0.188. The summed E-state index contributed by atoms with van der Waals surface area (Å²) in [6, 6.07) is 13.9. The Kier molecular flexibility index (Phi) is 4.35. The Bertz CT molecular complexity index is 596. The van der Waals surface area contributed by atoms with Gasteiger partial charge in [-0.2, -0.15) is 0 Å². The van der Waals surface area contributed by atoms with E-state index in [2.05, 4.69) is 10.6 Å². The molecule has 20 heavy (non-hydrogen) atoms. The molecule has 2 aromatic rings. The first-order chi connectivity index (χ1) is 9.54. The summed E-state index contributed by atoms with van der Waals surface area (Å²) in [5, 5.41) is 5.99. The lowest BCUT2D eigenvalue weighted by Crippen LogP contribution is -2.08. The van der Waals surface area contributed by atoms with Crippen LogP contribution in [-0.4, -0.2) is 5.91 Å². The molecule has 2 N–H and O–H groups in total. The van der Waals surface area contributed by atoms with Crippen LogP contribution in [0.4, 0.5) is 15.8 Å². The van der Waals surface area contributed by atoms with Crippen molar-refractivity contribution >= 4 is 17.3 Å². The van der Waals surface area contributed by atoms with Crippen LogP contribution in [0.2, 0.25) is 0 Å². The minimum atomic E-state index is -0.239. The average molecular weight is 272 g/mol. The molecule has 0 aromatic heterocycles. The van der Waals surface area contributed by atoms with Crippen LogP contribution in [0.3, 0.4) is 0 Å². The maximum Gasteiger partial charge on any atom is 0.221 e. The second-order valence-electron chi connectivity index (χ2n) is 4.68. The van der Waals surface area contributed by atoms with Gasteiger partial charge in [0.2, 0.25) is 5.91 Å². The van der Waals surface area contributed by atoms with Crippen LogP contribution in [0.25, 0.3) is 0 Å². The van der Waals surface area contributed by atoms with Gasteiger partial charge in [0.25, 0.3) is 0 Å². The smallest absolute Gasteiger partial charge is 0.221 e. The summed E-state index contributed by atoms with van der Waals surface area (Å²) in [6.45, 7) is 3.44. The minimum absolute atomic E-state index is 0.00248. The zero-order valence-electron chi connectivity index (χ0n) is 11.5. The fourth-order valence-corrected chi connectivity index (χ4v) is 1.96. The maximum absolute atomic E-state index is 13.2. The van der Waals surface area contributed by atoms with E-state index in [0.717, 1.165) is 16.9 Å². The highest BCUT2D eigenvalue weighted by Gasteiger charge is 2.06. The third-order valence-electron chi connectivity index (χ3n) is 2.94. The summed E-state index contributed by atoms with van der Waals surface area (Å²) in [4.78, 5) is 10.9. The molecule has 1 atom stereocenters. The summed E-state index contributed by atoms with van der Waals surface area (Å²) in [5.74, 6) is -0.337. The van der Waals surface area contributed by atoms with Gasteiger partial charge in [-0.15, -0.1) is 0 Å². The van der Waals surface area contributed by atoms with Crippen molar-refractivity contribution in [3.8, 4) is 0 Å². The number of carbonyl (C=O) groups is 1. The molecule has 1 unspecified atom stereocenters. The molecule has 0 bridgehead atoms. The highest BCUT2D eigenvalue weighted by molar-refractivity contribution is 5.88. The molecular weight excluding hydrogens is 255 g/mol. The summed E-state index contributed by atoms with van der Waals surface area (Å²) in [7, 11) is 0. The maximum atomic E-state index is 13.2. The van der Waals surface area contributed by atoms with Gasteiger partial charge in [0.15, 0.2) is 0 Å². The van der Waals surface area contributed by atoms with E-state index in [9.17, 15) is 9.18 Å². The molecule has 4 heteroatoms. The number of hydrogen-bond donors (Lipinski definition) is 2. The van der Waals surface area contributed by atoms with Gasteiger partial charge in [-0.25, -0.2) is 4.39 Å². The number of nitrogens with one attached hydrogen (secondary N) is 2. The Hall–Kier alpha value is -2.36. The van der Waals surface area contributed by atoms with E-state index in [-0.39, 0.29) is 17.8 Å². The zero-order chi connectivity index (χ0) is 14.5. The monoisotopic (exact) mass is 272 g/mol. The van der Waals surface area contributed by atoms with Crippen LogP contribution in [-0.2, 0) is 4.79 Å². The SMILES string of the molecule is CC(=O)Nc1ccc(NC(C)c2cccc(F)c2)cc1. The molecular formula is C16H17FN2O. The highest BCUT2D eigenvalue weighted by Crippen LogP contribution is 2.21. The molecule has 2 aromatic carbocycles. The van der Waals surface area contributed by atoms with Crippen molar-refractivity contribution < 1.29 is 9.18 Å². The van der Waals surface area contributed by atoms with Crippen LogP contribution in [0.1, 0.15) is 25.5 Å². The van der Waals surface area contributed by atoms with Gasteiger partial charge >= 0.3 is 0 Å². The van der Waals surface area contributed by atoms with Gasteiger partial charge < -0.3 is 10.6 Å². The summed E-state index contributed by atoms with van der Waals surface area (Å²) in [6.07, 6.45) is 0. The van der Waals surface area contributed by atoms with Crippen LogP contribution in [0, 0.1) is 5.82 Å². The van der Waals surface area contributed by atoms with E-state index in [1.807, 2.05) is 37.3 Å². The van der Waals surface area contributed by atoms with Crippen molar-refractivity contribution in [2.75, 3.05) is 10.6 Å². The number of carbonyl (C=O) groups excluding carboxylic acids is 1. The van der Waals surface area contributed by atoms with Crippen molar-refractivity contribution in [1.82, 2.24) is 0 Å². The summed E-state index contributed by atoms with van der Waals surface area (Å²) < 4.78 is 13.2. The normalized spacial score (nSPS) is 11.8. The third-order valence-corrected chi connectivity index (χ3v) is 2.94. The van der Waals surface area contributed by atoms with Crippen molar-refractivity contribution in [3.63, 3.8) is 0 Å². The van der Waals surface area contributed by atoms with Crippen LogP contribution in [0.15, 0.2) is 48.5 Å². The molecule has 0 fully saturated rings. The number of benzene rings is 2. The Balaban J connectivity index is 2.04. The lowest BCUT2D eigenvalue weighted by Gasteiger charge is -2.16. The highest BCUT2D eigenvalue weighted by atomic mass is 19.1. The first kappa shape index (κ1) is 14.1. The minimum Gasteiger partial charge on any atom is -0.379 e. The van der Waals surface area contributed by atoms with Crippen molar-refractivity contribution in [2.24, 2.45) is 0 Å². The second-order valence-corrected chi connectivity index (χ2v) is 4.68. The van der Waals surface area contributed by atoms with Crippen LogP contribution < -0.4 is 10.6 Å². The van der Waals surface area contributed by atoms with Crippen molar-refractivity contribution in [3.05, 3.63) is 59.9 Å². The van der Waals surface area contributed by atoms with Gasteiger partial charge in [-0.3, -0.25) is 4.79 Å². The van der Waals surface area contributed by atoms with E-state index < -0.39 is 0 Å². The number of halogens is 1. The molecule has 0 radical (unpaired) electrons. The van der Waals surface area contributed by atoms with Crippen molar-refractivity contribution in [2.45, 2.75) is 19.9 Å². The zero-order valence-corrected chi connectivity index (χ0v) is 11.5. The largest absolute Gasteiger partial charge is 0.379 e. The number of rotatable bonds is 4. The molecule has 3 nitrogen and oxygen atoms in total. The van der Waals surface area contributed by atoms with Gasteiger partial charge in [0.05, 0.1) is 0 Å². The lowest BCUT2D eigenvalue weighted by molar-refractivity contribution is -0.114. The van der Waals surface area contributed by atoms with E-state index in [0.29, 0.717) is 0 Å². The standard InChI is InChI=1S/C16H17FN2O/c1-11(13-4-3-5-14(17)10-13)18-15-6-8-16(9-7-15)19-12(2)20/h3-11,18H,1-2H3,(H,19,20). The average Bonchev–Trinajstić information content (AvgIpc) is 2.40. The predicted octanol–water partition coefficient (Wildman–Crippen LogP) is 3.96. The summed E-state index contributed by atoms with van der Waals surface area (Å²) >= 11 is 0. The molecule has 1 amide bonds. The fourth-order valence-electron chi connectivity index (χ4n) is 1.96. The van der Waals surface area contributed by atoms with E-state index >= 15 is 0 Å². The van der Waals surface area contributed by atoms with Gasteiger partial charge in [0.1, 0.15) is 5.82 Å². The molecule has 2 rings (SSSR count). The first-order valence-electron chi connectivity index (χ1n) is 6.44. The van der Waals surface area contributed by atoms with E-state index in [1.54, 1.807) is 6.07 Å². The molecule has 0 aliphatic rings. The lowest BCUT2D eigenvalue weighted by atomic mass is 10.1. The topological polar surface area (TPSA) is 41.1 Å². The Labute approximate surface area is 117 Å². The Morgan fingerprint density at radius 3 is 2.35 bits per heavy atom. The Morgan fingerprint density at radius 2 is 1.75 bits per heavy atom. The van der Waals surface area contributed by atoms with Gasteiger partial charge in [-0.1, -0.05) is 12.1 Å². The van der Waals surface area contributed by atoms with Gasteiger partial charge in [0, 0.05) is 24.3 Å². The van der Waals surface area contributed by atoms with Crippen molar-refractivity contribution in [1.29, 1.82) is 0 Å². The molecule has 0 aliphatic heterocycles.